The summed E-state index contributed by atoms with van der Waals surface area (Å²) < 4.78 is 0. The maximum Gasteiger partial charge on any atom is 0.144 e. The van der Waals surface area contributed by atoms with Gasteiger partial charge in [-0.25, -0.2) is 0 Å². The van der Waals surface area contributed by atoms with Crippen LogP contribution in [0.4, 0.5) is 0 Å². The van der Waals surface area contributed by atoms with Gasteiger partial charge in [-0.1, -0.05) is 49.6 Å². The predicted octanol–water partition coefficient (Wildman–Crippen LogP) is 4.98. The molecule has 23 heavy (non-hydrogen) atoms. The molecular weight excluding hydrogens is 280 g/mol. The summed E-state index contributed by atoms with van der Waals surface area (Å²) in [5, 5.41) is 0. The van der Waals surface area contributed by atoms with Gasteiger partial charge in [-0.3, -0.25) is 4.79 Å². The molecule has 2 bridgehead atoms. The van der Waals surface area contributed by atoms with Crippen LogP contribution in [-0.4, -0.2) is 5.78 Å². The summed E-state index contributed by atoms with van der Waals surface area (Å²) in [4.78, 5) is 13.0. The van der Waals surface area contributed by atoms with E-state index in [-0.39, 0.29) is 5.41 Å². The second-order valence-electron chi connectivity index (χ2n) is 8.44. The van der Waals surface area contributed by atoms with Crippen molar-refractivity contribution in [2.45, 2.75) is 63.7 Å². The normalized spacial score (nSPS) is 35.9. The number of fused-ring (bicyclic) bond motifs is 4. The third-order valence-corrected chi connectivity index (χ3v) is 7.26. The second-order valence-corrected chi connectivity index (χ2v) is 8.44. The lowest BCUT2D eigenvalue weighted by Crippen LogP contribution is -2.42. The Morgan fingerprint density at radius 3 is 2.65 bits per heavy atom. The minimum atomic E-state index is -0.0445. The van der Waals surface area contributed by atoms with Crippen LogP contribution in [0.15, 0.2) is 30.4 Å². The number of ketones is 1. The number of hydrogen-bond acceptors (Lipinski definition) is 1. The van der Waals surface area contributed by atoms with Crippen LogP contribution in [0.3, 0.4) is 0 Å². The van der Waals surface area contributed by atoms with Gasteiger partial charge >= 0.3 is 0 Å². The summed E-state index contributed by atoms with van der Waals surface area (Å²) >= 11 is 0. The fourth-order valence-electron chi connectivity index (χ4n) is 6.07. The molecule has 0 saturated heterocycles. The first kappa shape index (κ1) is 14.0. The number of allylic oxidation sites excluding steroid dienone is 2. The van der Waals surface area contributed by atoms with Gasteiger partial charge in [0.15, 0.2) is 0 Å². The molecule has 4 aliphatic carbocycles. The van der Waals surface area contributed by atoms with Crippen molar-refractivity contribution in [2.24, 2.45) is 17.3 Å². The molecule has 2 fully saturated rings. The van der Waals surface area contributed by atoms with Crippen molar-refractivity contribution in [2.75, 3.05) is 0 Å². The van der Waals surface area contributed by atoms with Crippen molar-refractivity contribution in [3.63, 3.8) is 0 Å². The lowest BCUT2D eigenvalue weighted by Gasteiger charge is -2.40. The summed E-state index contributed by atoms with van der Waals surface area (Å²) in [6, 6.07) is 6.80. The highest BCUT2D eigenvalue weighted by atomic mass is 16.1. The molecule has 5 rings (SSSR count). The van der Waals surface area contributed by atoms with Gasteiger partial charge < -0.3 is 0 Å². The first-order valence-electron chi connectivity index (χ1n) is 9.58. The monoisotopic (exact) mass is 306 g/mol. The van der Waals surface area contributed by atoms with Crippen molar-refractivity contribution in [3.8, 4) is 0 Å². The van der Waals surface area contributed by atoms with Crippen molar-refractivity contribution in [3.05, 3.63) is 47.0 Å². The minimum Gasteiger partial charge on any atom is -0.299 e. The molecule has 2 saturated carbocycles. The Hall–Kier alpha value is -1.37. The Morgan fingerprint density at radius 1 is 1.04 bits per heavy atom. The third-order valence-electron chi connectivity index (χ3n) is 7.26. The smallest absolute Gasteiger partial charge is 0.144 e. The highest BCUT2D eigenvalue weighted by Crippen LogP contribution is 2.57. The third kappa shape index (κ3) is 2.01. The van der Waals surface area contributed by atoms with E-state index in [4.69, 9.17) is 0 Å². The summed E-state index contributed by atoms with van der Waals surface area (Å²) in [5.41, 5.74) is 4.47. The molecule has 0 heterocycles. The molecular formula is C22H26O. The molecule has 0 aromatic heterocycles. The fraction of sp³-hybridized carbons (Fsp3) is 0.591. The number of carbonyl (C=O) groups is 1. The van der Waals surface area contributed by atoms with Crippen LogP contribution in [0.2, 0.25) is 0 Å². The Labute approximate surface area is 139 Å². The number of carbonyl (C=O) groups excluding carboxylic acids is 1. The van der Waals surface area contributed by atoms with E-state index < -0.39 is 0 Å². The van der Waals surface area contributed by atoms with Crippen LogP contribution in [0.5, 0.6) is 0 Å². The largest absolute Gasteiger partial charge is 0.299 e. The van der Waals surface area contributed by atoms with E-state index in [0.717, 1.165) is 18.8 Å². The summed E-state index contributed by atoms with van der Waals surface area (Å²) in [7, 11) is 0. The number of hydrogen-bond donors (Lipinski definition) is 0. The van der Waals surface area contributed by atoms with Crippen molar-refractivity contribution < 1.29 is 4.79 Å². The van der Waals surface area contributed by atoms with E-state index in [1.165, 1.54) is 44.1 Å². The van der Waals surface area contributed by atoms with E-state index in [9.17, 15) is 4.79 Å². The van der Waals surface area contributed by atoms with Gasteiger partial charge in [-0.2, -0.15) is 0 Å². The maximum absolute atomic E-state index is 13.0. The zero-order valence-electron chi connectivity index (χ0n) is 13.9. The van der Waals surface area contributed by atoms with Crippen molar-refractivity contribution in [1.82, 2.24) is 0 Å². The molecule has 0 aliphatic heterocycles. The van der Waals surface area contributed by atoms with Crippen LogP contribution in [0, 0.1) is 17.3 Å². The maximum atomic E-state index is 13.0. The summed E-state index contributed by atoms with van der Waals surface area (Å²) in [6.45, 7) is 0. The standard InChI is InChI=1S/C22H26O/c23-21-12-17-7-4-8-19(16-5-2-1-3-6-16)20(17)14-22(21)13-15-9-10-18(22)11-15/h4,7-10,15-16,18H,1-3,5-6,11-14H2. The van der Waals surface area contributed by atoms with Crippen molar-refractivity contribution >= 4 is 5.78 Å². The van der Waals surface area contributed by atoms with Crippen LogP contribution < -0.4 is 0 Å². The van der Waals surface area contributed by atoms with Gasteiger partial charge in [0.2, 0.25) is 0 Å². The average Bonchev–Trinajstić information content (AvgIpc) is 3.18. The van der Waals surface area contributed by atoms with Crippen LogP contribution >= 0.6 is 0 Å². The molecule has 1 heteroatoms. The van der Waals surface area contributed by atoms with Gasteiger partial charge in [0.1, 0.15) is 5.78 Å². The Morgan fingerprint density at radius 2 is 1.91 bits per heavy atom. The number of Topliss-reactive ketones (excluding diaryl/α,β-unsaturated/α-hetero) is 1. The summed E-state index contributed by atoms with van der Waals surface area (Å²) in [5.74, 6) is 2.47. The van der Waals surface area contributed by atoms with E-state index in [1.807, 2.05) is 0 Å². The lowest BCUT2D eigenvalue weighted by atomic mass is 9.62. The molecule has 3 unspecified atom stereocenters. The molecule has 1 aromatic carbocycles. The summed E-state index contributed by atoms with van der Waals surface area (Å²) in [6.07, 6.45) is 15.7. The van der Waals surface area contributed by atoms with Crippen molar-refractivity contribution in [1.29, 1.82) is 0 Å². The van der Waals surface area contributed by atoms with Gasteiger partial charge in [0.25, 0.3) is 0 Å². The zero-order valence-corrected chi connectivity index (χ0v) is 13.9. The van der Waals surface area contributed by atoms with Gasteiger partial charge in [-0.15, -0.1) is 0 Å². The van der Waals surface area contributed by atoms with Gasteiger partial charge in [-0.05, 0) is 66.5 Å². The molecule has 1 spiro atoms. The van der Waals surface area contributed by atoms with E-state index >= 15 is 0 Å². The molecule has 0 radical (unpaired) electrons. The quantitative estimate of drug-likeness (QED) is 0.668. The first-order chi connectivity index (χ1) is 11.3. The molecule has 120 valence electrons. The SMILES string of the molecule is O=C1Cc2cccc(C3CCCCC3)c2CC12CC1C=CC2C1. The zero-order chi connectivity index (χ0) is 15.4. The Bertz CT molecular complexity index is 679. The van der Waals surface area contributed by atoms with Gasteiger partial charge in [0.05, 0.1) is 0 Å². The van der Waals surface area contributed by atoms with Crippen LogP contribution in [0.1, 0.15) is 67.6 Å². The first-order valence-corrected chi connectivity index (χ1v) is 9.58. The molecule has 1 nitrogen and oxygen atoms in total. The Kier molecular flexibility index (Phi) is 3.08. The molecule has 1 aromatic rings. The number of rotatable bonds is 1. The molecule has 0 N–H and O–H groups in total. The topological polar surface area (TPSA) is 17.1 Å². The second kappa shape index (κ2) is 5.06. The lowest BCUT2D eigenvalue weighted by molar-refractivity contribution is -0.130. The fourth-order valence-corrected chi connectivity index (χ4v) is 6.07. The van der Waals surface area contributed by atoms with Gasteiger partial charge in [0, 0.05) is 11.8 Å². The molecule has 3 atom stereocenters. The highest BCUT2D eigenvalue weighted by molar-refractivity contribution is 5.90. The average molecular weight is 306 g/mol. The highest BCUT2D eigenvalue weighted by Gasteiger charge is 2.54. The molecule has 4 aliphatic rings. The van der Waals surface area contributed by atoms with E-state index in [2.05, 4.69) is 30.4 Å². The van der Waals surface area contributed by atoms with E-state index in [0.29, 0.717) is 24.0 Å². The number of benzene rings is 1. The molecule has 0 amide bonds. The predicted molar refractivity (Wildman–Crippen MR) is 92.5 cm³/mol. The van der Waals surface area contributed by atoms with Crippen LogP contribution in [0.25, 0.3) is 0 Å². The Balaban J connectivity index is 1.56. The van der Waals surface area contributed by atoms with Crippen LogP contribution in [-0.2, 0) is 17.6 Å². The van der Waals surface area contributed by atoms with E-state index in [1.54, 1.807) is 11.1 Å². The minimum absolute atomic E-state index is 0.0445.